The van der Waals surface area contributed by atoms with Crippen LogP contribution in [0.5, 0.6) is 0 Å². The molecule has 4 heteroatoms. The van der Waals surface area contributed by atoms with E-state index >= 15 is 0 Å². The summed E-state index contributed by atoms with van der Waals surface area (Å²) in [5.41, 5.74) is 1.57. The molecule has 0 fully saturated rings. The molecular weight excluding hydrogens is 202 g/mol. The fourth-order valence-electron chi connectivity index (χ4n) is 1.81. The lowest BCUT2D eigenvalue weighted by Crippen LogP contribution is -2.27. The average Bonchev–Trinajstić information content (AvgIpc) is 2.57. The number of carbonyl (C=O) groups excluding carboxylic acids is 1. The third-order valence-electron chi connectivity index (χ3n) is 2.51. The Kier molecular flexibility index (Phi) is 4.68. The Labute approximate surface area is 97.2 Å². The number of hydrogen-bond acceptors (Lipinski definition) is 3. The quantitative estimate of drug-likeness (QED) is 0.689. The van der Waals surface area contributed by atoms with E-state index in [1.807, 2.05) is 7.05 Å². The van der Waals surface area contributed by atoms with Crippen molar-refractivity contribution in [2.75, 3.05) is 13.1 Å². The van der Waals surface area contributed by atoms with Gasteiger partial charge in [-0.3, -0.25) is 14.4 Å². The summed E-state index contributed by atoms with van der Waals surface area (Å²) in [5.74, 6) is 0.628. The lowest BCUT2D eigenvalue weighted by Gasteiger charge is -2.21. The standard InChI is InChI=1S/C12H21N3O/c1-5-15(6-10(2)3)8-12-11(9-16)7-14(4)13-12/h7,9-10H,5-6,8H2,1-4H3. The van der Waals surface area contributed by atoms with Crippen molar-refractivity contribution in [2.45, 2.75) is 27.3 Å². The number of nitrogens with zero attached hydrogens (tertiary/aromatic N) is 3. The summed E-state index contributed by atoms with van der Waals surface area (Å²) in [6.45, 7) is 9.29. The molecule has 0 aliphatic heterocycles. The summed E-state index contributed by atoms with van der Waals surface area (Å²) in [6, 6.07) is 0. The SMILES string of the molecule is CCN(Cc1nn(C)cc1C=O)CC(C)C. The van der Waals surface area contributed by atoms with Gasteiger partial charge in [-0.2, -0.15) is 5.10 Å². The Morgan fingerprint density at radius 2 is 2.25 bits per heavy atom. The molecule has 1 heterocycles. The van der Waals surface area contributed by atoms with Crippen molar-refractivity contribution in [3.05, 3.63) is 17.5 Å². The molecule has 0 bridgehead atoms. The number of aromatic nitrogens is 2. The van der Waals surface area contributed by atoms with Gasteiger partial charge in [0.05, 0.1) is 11.3 Å². The van der Waals surface area contributed by atoms with Gasteiger partial charge in [0.1, 0.15) is 0 Å². The van der Waals surface area contributed by atoms with Crippen LogP contribution in [0.2, 0.25) is 0 Å². The zero-order chi connectivity index (χ0) is 12.1. The zero-order valence-electron chi connectivity index (χ0n) is 10.6. The van der Waals surface area contributed by atoms with Gasteiger partial charge in [-0.1, -0.05) is 20.8 Å². The Hall–Kier alpha value is -1.16. The highest BCUT2D eigenvalue weighted by molar-refractivity contribution is 5.75. The molecule has 16 heavy (non-hydrogen) atoms. The Morgan fingerprint density at radius 1 is 1.56 bits per heavy atom. The van der Waals surface area contributed by atoms with E-state index in [0.29, 0.717) is 11.5 Å². The molecule has 0 saturated carbocycles. The number of carbonyl (C=O) groups is 1. The topological polar surface area (TPSA) is 38.1 Å². The number of hydrogen-bond donors (Lipinski definition) is 0. The molecule has 0 saturated heterocycles. The molecule has 4 nitrogen and oxygen atoms in total. The predicted molar refractivity (Wildman–Crippen MR) is 64.4 cm³/mol. The van der Waals surface area contributed by atoms with E-state index in [4.69, 9.17) is 0 Å². The maximum atomic E-state index is 10.9. The molecule has 0 N–H and O–H groups in total. The first-order valence-corrected chi connectivity index (χ1v) is 5.76. The molecule has 0 aliphatic carbocycles. The van der Waals surface area contributed by atoms with Gasteiger partial charge >= 0.3 is 0 Å². The van der Waals surface area contributed by atoms with Crippen molar-refractivity contribution in [1.82, 2.24) is 14.7 Å². The van der Waals surface area contributed by atoms with Crippen molar-refractivity contribution in [3.8, 4) is 0 Å². The summed E-state index contributed by atoms with van der Waals surface area (Å²) >= 11 is 0. The summed E-state index contributed by atoms with van der Waals surface area (Å²) in [4.78, 5) is 13.2. The van der Waals surface area contributed by atoms with Crippen LogP contribution >= 0.6 is 0 Å². The van der Waals surface area contributed by atoms with Gasteiger partial charge in [0.25, 0.3) is 0 Å². The lowest BCUT2D eigenvalue weighted by atomic mass is 10.2. The maximum Gasteiger partial charge on any atom is 0.153 e. The molecule has 0 amide bonds. The summed E-state index contributed by atoms with van der Waals surface area (Å²) in [5, 5.41) is 4.32. The van der Waals surface area contributed by atoms with Crippen LogP contribution in [0.1, 0.15) is 36.8 Å². The van der Waals surface area contributed by atoms with E-state index in [0.717, 1.165) is 31.6 Å². The van der Waals surface area contributed by atoms with Crippen molar-refractivity contribution < 1.29 is 4.79 Å². The molecule has 0 radical (unpaired) electrons. The minimum absolute atomic E-state index is 0.628. The minimum Gasteiger partial charge on any atom is -0.298 e. The molecule has 1 rings (SSSR count). The van der Waals surface area contributed by atoms with Gasteiger partial charge in [-0.25, -0.2) is 0 Å². The molecule has 1 aromatic rings. The van der Waals surface area contributed by atoms with Crippen LogP contribution in [0.25, 0.3) is 0 Å². The third kappa shape index (κ3) is 3.45. The first kappa shape index (κ1) is 12.9. The fourth-order valence-corrected chi connectivity index (χ4v) is 1.81. The molecule has 1 aromatic heterocycles. The Morgan fingerprint density at radius 3 is 2.75 bits per heavy atom. The second-order valence-electron chi connectivity index (χ2n) is 4.54. The first-order valence-electron chi connectivity index (χ1n) is 5.76. The highest BCUT2D eigenvalue weighted by Gasteiger charge is 2.12. The van der Waals surface area contributed by atoms with Gasteiger partial charge in [-0.05, 0) is 12.5 Å². The van der Waals surface area contributed by atoms with Crippen molar-refractivity contribution in [2.24, 2.45) is 13.0 Å². The molecule has 0 spiro atoms. The van der Waals surface area contributed by atoms with E-state index in [1.165, 1.54) is 0 Å². The van der Waals surface area contributed by atoms with Crippen LogP contribution in [0.15, 0.2) is 6.20 Å². The second kappa shape index (κ2) is 5.80. The van der Waals surface area contributed by atoms with E-state index < -0.39 is 0 Å². The van der Waals surface area contributed by atoms with Crippen LogP contribution in [-0.4, -0.2) is 34.1 Å². The minimum atomic E-state index is 0.628. The van der Waals surface area contributed by atoms with E-state index in [9.17, 15) is 4.79 Å². The predicted octanol–water partition coefficient (Wildman–Crippen LogP) is 1.71. The molecule has 0 aromatic carbocycles. The van der Waals surface area contributed by atoms with Gasteiger partial charge in [0, 0.05) is 26.3 Å². The largest absolute Gasteiger partial charge is 0.298 e. The van der Waals surface area contributed by atoms with Gasteiger partial charge < -0.3 is 0 Å². The maximum absolute atomic E-state index is 10.9. The lowest BCUT2D eigenvalue weighted by molar-refractivity contribution is 0.112. The molecular formula is C12H21N3O. The molecule has 0 aliphatic rings. The number of rotatable bonds is 6. The van der Waals surface area contributed by atoms with Crippen LogP contribution in [0.4, 0.5) is 0 Å². The van der Waals surface area contributed by atoms with Gasteiger partial charge in [0.15, 0.2) is 6.29 Å². The second-order valence-corrected chi connectivity index (χ2v) is 4.54. The van der Waals surface area contributed by atoms with Gasteiger partial charge in [0.2, 0.25) is 0 Å². The van der Waals surface area contributed by atoms with Crippen LogP contribution in [-0.2, 0) is 13.6 Å². The van der Waals surface area contributed by atoms with Crippen molar-refractivity contribution in [1.29, 1.82) is 0 Å². The van der Waals surface area contributed by atoms with Crippen molar-refractivity contribution in [3.63, 3.8) is 0 Å². The first-order chi connectivity index (χ1) is 7.56. The molecule has 0 unspecified atom stereocenters. The monoisotopic (exact) mass is 223 g/mol. The van der Waals surface area contributed by atoms with E-state index in [2.05, 4.69) is 30.8 Å². The van der Waals surface area contributed by atoms with Crippen LogP contribution < -0.4 is 0 Å². The summed E-state index contributed by atoms with van der Waals surface area (Å²) in [6.07, 6.45) is 2.65. The molecule has 0 atom stereocenters. The fraction of sp³-hybridized carbons (Fsp3) is 0.667. The van der Waals surface area contributed by atoms with Crippen LogP contribution in [0, 0.1) is 5.92 Å². The molecule has 90 valence electrons. The Bertz CT molecular complexity index is 344. The zero-order valence-corrected chi connectivity index (χ0v) is 10.6. The normalized spacial score (nSPS) is 11.4. The number of aldehydes is 1. The highest BCUT2D eigenvalue weighted by atomic mass is 16.1. The van der Waals surface area contributed by atoms with Gasteiger partial charge in [-0.15, -0.1) is 0 Å². The summed E-state index contributed by atoms with van der Waals surface area (Å²) < 4.78 is 1.70. The summed E-state index contributed by atoms with van der Waals surface area (Å²) in [7, 11) is 1.84. The average molecular weight is 223 g/mol. The third-order valence-corrected chi connectivity index (χ3v) is 2.51. The van der Waals surface area contributed by atoms with Crippen LogP contribution in [0.3, 0.4) is 0 Å². The Balaban J connectivity index is 2.72. The van der Waals surface area contributed by atoms with E-state index in [-0.39, 0.29) is 0 Å². The van der Waals surface area contributed by atoms with Crippen molar-refractivity contribution >= 4 is 6.29 Å². The highest BCUT2D eigenvalue weighted by Crippen LogP contribution is 2.09. The number of aryl methyl sites for hydroxylation is 1. The smallest absolute Gasteiger partial charge is 0.153 e. The van der Waals surface area contributed by atoms with E-state index in [1.54, 1.807) is 10.9 Å².